The lowest BCUT2D eigenvalue weighted by Gasteiger charge is -2.11. The van der Waals surface area contributed by atoms with Crippen LogP contribution in [0.2, 0.25) is 5.15 Å². The third-order valence-corrected chi connectivity index (χ3v) is 5.16. The summed E-state index contributed by atoms with van der Waals surface area (Å²) in [5, 5.41) is 0.391. The summed E-state index contributed by atoms with van der Waals surface area (Å²) in [6.45, 7) is -0.157. The van der Waals surface area contributed by atoms with E-state index in [0.29, 0.717) is 32.8 Å². The third-order valence-electron chi connectivity index (χ3n) is 4.36. The van der Waals surface area contributed by atoms with E-state index < -0.39 is 11.6 Å². The molecule has 1 N–H and O–H groups in total. The summed E-state index contributed by atoms with van der Waals surface area (Å²) in [7, 11) is 1.53. The van der Waals surface area contributed by atoms with Gasteiger partial charge in [0, 0.05) is 29.5 Å². The summed E-state index contributed by atoms with van der Waals surface area (Å²) in [5.41, 5.74) is 2.19. The SMILES string of the molecule is COc1cc(OCc2ncc(F)cc2F)ccc1-c1[nH]c(-c2ccc(Cl)nc2)nc1Br. The van der Waals surface area contributed by atoms with Crippen molar-refractivity contribution in [3.63, 3.8) is 0 Å². The number of rotatable bonds is 6. The van der Waals surface area contributed by atoms with E-state index in [1.165, 1.54) is 7.11 Å². The van der Waals surface area contributed by atoms with Gasteiger partial charge in [-0.15, -0.1) is 0 Å². The van der Waals surface area contributed by atoms with Crippen molar-refractivity contribution in [1.29, 1.82) is 0 Å². The highest BCUT2D eigenvalue weighted by Gasteiger charge is 2.17. The molecular weight excluding hydrogens is 494 g/mol. The van der Waals surface area contributed by atoms with Gasteiger partial charge in [0.25, 0.3) is 0 Å². The van der Waals surface area contributed by atoms with Crippen LogP contribution in [-0.2, 0) is 6.61 Å². The van der Waals surface area contributed by atoms with E-state index in [0.717, 1.165) is 23.4 Å². The Hall–Kier alpha value is -3.04. The average molecular weight is 508 g/mol. The van der Waals surface area contributed by atoms with Crippen LogP contribution in [0.4, 0.5) is 8.78 Å². The molecule has 0 radical (unpaired) electrons. The van der Waals surface area contributed by atoms with Gasteiger partial charge in [-0.2, -0.15) is 0 Å². The van der Waals surface area contributed by atoms with Crippen LogP contribution in [0.15, 0.2) is 53.4 Å². The molecule has 0 atom stereocenters. The Bertz CT molecular complexity index is 1230. The molecule has 0 bridgehead atoms. The zero-order valence-electron chi connectivity index (χ0n) is 16.0. The first-order valence-corrected chi connectivity index (χ1v) is 10.1. The smallest absolute Gasteiger partial charge is 0.151 e. The molecule has 6 nitrogen and oxygen atoms in total. The largest absolute Gasteiger partial charge is 0.496 e. The number of nitrogens with zero attached hydrogens (tertiary/aromatic N) is 3. The Morgan fingerprint density at radius 2 is 1.94 bits per heavy atom. The molecule has 0 saturated carbocycles. The molecule has 0 spiro atoms. The van der Waals surface area contributed by atoms with Crippen LogP contribution in [0.5, 0.6) is 11.5 Å². The molecule has 0 aliphatic heterocycles. The first kappa shape index (κ1) is 21.2. The number of ether oxygens (including phenoxy) is 2. The molecule has 1 aromatic carbocycles. The Morgan fingerprint density at radius 3 is 2.65 bits per heavy atom. The maximum Gasteiger partial charge on any atom is 0.151 e. The number of nitrogens with one attached hydrogen (secondary N) is 1. The Labute approximate surface area is 189 Å². The average Bonchev–Trinajstić information content (AvgIpc) is 3.14. The lowest BCUT2D eigenvalue weighted by Crippen LogP contribution is -2.02. The minimum absolute atomic E-state index is 0.00183. The van der Waals surface area contributed by atoms with Gasteiger partial charge in [-0.25, -0.2) is 18.7 Å². The molecule has 0 unspecified atom stereocenters. The van der Waals surface area contributed by atoms with Gasteiger partial charge < -0.3 is 14.5 Å². The van der Waals surface area contributed by atoms with Crippen molar-refractivity contribution in [2.45, 2.75) is 6.61 Å². The standard InChI is InChI=1S/C21H14BrClF2N4O2/c1-30-17-7-13(31-10-16-15(25)6-12(24)9-26-16)3-4-14(17)19-20(22)29-21(28-19)11-2-5-18(23)27-8-11/h2-9H,10H2,1H3,(H,28,29). The Balaban J connectivity index is 1.59. The van der Waals surface area contributed by atoms with E-state index in [1.54, 1.807) is 36.5 Å². The van der Waals surface area contributed by atoms with Crippen molar-refractivity contribution in [3.05, 3.63) is 75.9 Å². The van der Waals surface area contributed by atoms with Gasteiger partial charge in [-0.05, 0) is 40.2 Å². The molecule has 0 fully saturated rings. The van der Waals surface area contributed by atoms with Crippen LogP contribution < -0.4 is 9.47 Å². The van der Waals surface area contributed by atoms with E-state index in [1.807, 2.05) is 0 Å². The van der Waals surface area contributed by atoms with Crippen LogP contribution >= 0.6 is 27.5 Å². The van der Waals surface area contributed by atoms with Crippen molar-refractivity contribution in [1.82, 2.24) is 19.9 Å². The number of H-pyrrole nitrogens is 1. The third kappa shape index (κ3) is 4.67. The second-order valence-electron chi connectivity index (χ2n) is 6.35. The zero-order chi connectivity index (χ0) is 22.0. The highest BCUT2D eigenvalue weighted by molar-refractivity contribution is 9.10. The topological polar surface area (TPSA) is 72.9 Å². The summed E-state index contributed by atoms with van der Waals surface area (Å²) >= 11 is 9.31. The summed E-state index contributed by atoms with van der Waals surface area (Å²) in [5.74, 6) is 0.0330. The van der Waals surface area contributed by atoms with Gasteiger partial charge in [-0.1, -0.05) is 11.6 Å². The molecule has 31 heavy (non-hydrogen) atoms. The summed E-state index contributed by atoms with van der Waals surface area (Å²) in [6, 6.07) is 9.40. The number of benzene rings is 1. The predicted octanol–water partition coefficient (Wildman–Crippen LogP) is 5.82. The number of imidazole rings is 1. The van der Waals surface area contributed by atoms with E-state index in [2.05, 4.69) is 35.9 Å². The highest BCUT2D eigenvalue weighted by atomic mass is 79.9. The summed E-state index contributed by atoms with van der Waals surface area (Å²) in [6.07, 6.45) is 2.56. The fraction of sp³-hybridized carbons (Fsp3) is 0.0952. The zero-order valence-corrected chi connectivity index (χ0v) is 18.3. The molecule has 10 heteroatoms. The number of halogens is 4. The maximum atomic E-state index is 13.8. The molecule has 3 heterocycles. The van der Waals surface area contributed by atoms with Gasteiger partial charge >= 0.3 is 0 Å². The number of hydrogen-bond acceptors (Lipinski definition) is 5. The number of methoxy groups -OCH3 is 1. The molecular formula is C21H14BrClF2N4O2. The van der Waals surface area contributed by atoms with Crippen molar-refractivity contribution in [2.24, 2.45) is 0 Å². The molecule has 0 amide bonds. The maximum absolute atomic E-state index is 13.8. The number of aromatic amines is 1. The second kappa shape index (κ2) is 8.99. The molecule has 3 aromatic heterocycles. The fourth-order valence-electron chi connectivity index (χ4n) is 2.85. The van der Waals surface area contributed by atoms with Crippen LogP contribution in [0.25, 0.3) is 22.6 Å². The molecule has 0 aliphatic carbocycles. The van der Waals surface area contributed by atoms with Gasteiger partial charge in [0.2, 0.25) is 0 Å². The summed E-state index contributed by atoms with van der Waals surface area (Å²) in [4.78, 5) is 15.5. The van der Waals surface area contributed by atoms with E-state index >= 15 is 0 Å². The Kier molecular flexibility index (Phi) is 6.15. The van der Waals surface area contributed by atoms with E-state index in [9.17, 15) is 8.78 Å². The van der Waals surface area contributed by atoms with Crippen molar-refractivity contribution >= 4 is 27.5 Å². The minimum Gasteiger partial charge on any atom is -0.496 e. The van der Waals surface area contributed by atoms with Gasteiger partial charge in [-0.3, -0.25) is 4.98 Å². The monoisotopic (exact) mass is 506 g/mol. The Morgan fingerprint density at radius 1 is 1.10 bits per heavy atom. The van der Waals surface area contributed by atoms with Gasteiger partial charge in [0.05, 0.1) is 19.0 Å². The number of aromatic nitrogens is 4. The fourth-order valence-corrected chi connectivity index (χ4v) is 3.45. The van der Waals surface area contributed by atoms with Crippen LogP contribution in [0.3, 0.4) is 0 Å². The molecule has 4 aromatic rings. The van der Waals surface area contributed by atoms with Crippen LogP contribution in [0.1, 0.15) is 5.69 Å². The first-order valence-electron chi connectivity index (χ1n) is 8.93. The van der Waals surface area contributed by atoms with Gasteiger partial charge in [0.1, 0.15) is 45.2 Å². The van der Waals surface area contributed by atoms with Crippen molar-refractivity contribution in [3.8, 4) is 34.1 Å². The lowest BCUT2D eigenvalue weighted by atomic mass is 10.1. The van der Waals surface area contributed by atoms with Crippen molar-refractivity contribution in [2.75, 3.05) is 7.11 Å². The van der Waals surface area contributed by atoms with Crippen LogP contribution in [-0.4, -0.2) is 27.0 Å². The summed E-state index contributed by atoms with van der Waals surface area (Å²) < 4.78 is 38.4. The second-order valence-corrected chi connectivity index (χ2v) is 7.49. The van der Waals surface area contributed by atoms with E-state index in [4.69, 9.17) is 21.1 Å². The highest BCUT2D eigenvalue weighted by Crippen LogP contribution is 2.37. The van der Waals surface area contributed by atoms with Gasteiger partial charge in [0.15, 0.2) is 5.82 Å². The quantitative estimate of drug-likeness (QED) is 0.333. The van der Waals surface area contributed by atoms with Crippen molar-refractivity contribution < 1.29 is 18.3 Å². The molecule has 0 saturated heterocycles. The molecule has 0 aliphatic rings. The van der Waals surface area contributed by atoms with E-state index in [-0.39, 0.29) is 12.3 Å². The normalized spacial score (nSPS) is 10.9. The first-order chi connectivity index (χ1) is 14.9. The number of pyridine rings is 2. The molecule has 4 rings (SSSR count). The molecule has 158 valence electrons. The minimum atomic E-state index is -0.769. The predicted molar refractivity (Wildman–Crippen MR) is 115 cm³/mol. The number of hydrogen-bond donors (Lipinski definition) is 1. The van der Waals surface area contributed by atoms with Crippen LogP contribution in [0, 0.1) is 11.6 Å². The lowest BCUT2D eigenvalue weighted by molar-refractivity contribution is 0.291.